The maximum absolute atomic E-state index is 12.2. The number of hydrogen-bond donors (Lipinski definition) is 1. The SMILES string of the molecule is COC(=O)C1CC(NCC(C)C)CN(C(=O)C(C)C)C1. The van der Waals surface area contributed by atoms with Crippen molar-refractivity contribution in [2.24, 2.45) is 17.8 Å². The number of likely N-dealkylation sites (tertiary alicyclic amines) is 1. The third kappa shape index (κ3) is 4.78. The molecule has 5 nitrogen and oxygen atoms in total. The number of carbonyl (C=O) groups is 2. The van der Waals surface area contributed by atoms with Crippen molar-refractivity contribution in [1.82, 2.24) is 10.2 Å². The first-order valence-electron chi connectivity index (χ1n) is 7.45. The van der Waals surface area contributed by atoms with Crippen molar-refractivity contribution in [3.63, 3.8) is 0 Å². The van der Waals surface area contributed by atoms with E-state index in [0.717, 1.165) is 13.0 Å². The fourth-order valence-corrected chi connectivity index (χ4v) is 2.53. The smallest absolute Gasteiger partial charge is 0.310 e. The zero-order chi connectivity index (χ0) is 15.3. The highest BCUT2D eigenvalue weighted by atomic mass is 16.5. The lowest BCUT2D eigenvalue weighted by Crippen LogP contribution is -2.54. The van der Waals surface area contributed by atoms with Crippen LogP contribution in [-0.2, 0) is 14.3 Å². The summed E-state index contributed by atoms with van der Waals surface area (Å²) in [6.45, 7) is 10.1. The van der Waals surface area contributed by atoms with Crippen LogP contribution >= 0.6 is 0 Å². The van der Waals surface area contributed by atoms with Gasteiger partial charge in [-0.2, -0.15) is 0 Å². The molecule has 1 fully saturated rings. The largest absolute Gasteiger partial charge is 0.469 e. The van der Waals surface area contributed by atoms with E-state index in [1.807, 2.05) is 13.8 Å². The van der Waals surface area contributed by atoms with Crippen molar-refractivity contribution in [1.29, 1.82) is 0 Å². The summed E-state index contributed by atoms with van der Waals surface area (Å²) >= 11 is 0. The predicted molar refractivity (Wildman–Crippen MR) is 78.2 cm³/mol. The molecule has 0 aromatic heterocycles. The van der Waals surface area contributed by atoms with Gasteiger partial charge in [-0.25, -0.2) is 0 Å². The van der Waals surface area contributed by atoms with Crippen molar-refractivity contribution in [2.75, 3.05) is 26.7 Å². The Bertz CT molecular complexity index is 342. The highest BCUT2D eigenvalue weighted by molar-refractivity contribution is 5.80. The van der Waals surface area contributed by atoms with Gasteiger partial charge in [0.1, 0.15) is 0 Å². The van der Waals surface area contributed by atoms with E-state index >= 15 is 0 Å². The van der Waals surface area contributed by atoms with Crippen molar-refractivity contribution in [3.05, 3.63) is 0 Å². The quantitative estimate of drug-likeness (QED) is 0.773. The van der Waals surface area contributed by atoms with Gasteiger partial charge < -0.3 is 15.0 Å². The summed E-state index contributed by atoms with van der Waals surface area (Å²) in [6, 6.07) is 0.165. The monoisotopic (exact) mass is 284 g/mol. The first-order chi connectivity index (χ1) is 9.35. The topological polar surface area (TPSA) is 58.6 Å². The summed E-state index contributed by atoms with van der Waals surface area (Å²) < 4.78 is 4.85. The van der Waals surface area contributed by atoms with E-state index in [2.05, 4.69) is 19.2 Å². The Morgan fingerprint density at radius 3 is 2.40 bits per heavy atom. The van der Waals surface area contributed by atoms with Crippen LogP contribution in [0.1, 0.15) is 34.1 Å². The van der Waals surface area contributed by atoms with E-state index in [1.54, 1.807) is 4.90 Å². The maximum atomic E-state index is 12.2. The van der Waals surface area contributed by atoms with Gasteiger partial charge >= 0.3 is 5.97 Å². The van der Waals surface area contributed by atoms with Crippen LogP contribution in [0, 0.1) is 17.8 Å². The number of piperidine rings is 1. The highest BCUT2D eigenvalue weighted by Gasteiger charge is 2.34. The zero-order valence-electron chi connectivity index (χ0n) is 13.3. The molecule has 1 aliphatic heterocycles. The average Bonchev–Trinajstić information content (AvgIpc) is 2.42. The minimum Gasteiger partial charge on any atom is -0.469 e. The van der Waals surface area contributed by atoms with E-state index < -0.39 is 0 Å². The third-order valence-corrected chi connectivity index (χ3v) is 3.61. The molecule has 1 heterocycles. The molecule has 1 rings (SSSR count). The minimum atomic E-state index is -0.221. The molecule has 1 aliphatic rings. The molecule has 0 radical (unpaired) electrons. The van der Waals surface area contributed by atoms with Crippen LogP contribution in [0.5, 0.6) is 0 Å². The standard InChI is InChI=1S/C15H28N2O3/c1-10(2)7-16-13-6-12(15(19)20-5)8-17(9-13)14(18)11(3)4/h10-13,16H,6-9H2,1-5H3. The average molecular weight is 284 g/mol. The van der Waals surface area contributed by atoms with Crippen LogP contribution in [0.3, 0.4) is 0 Å². The van der Waals surface area contributed by atoms with E-state index in [0.29, 0.717) is 19.0 Å². The van der Waals surface area contributed by atoms with E-state index in [1.165, 1.54) is 7.11 Å². The Morgan fingerprint density at radius 2 is 1.90 bits per heavy atom. The second kappa shape index (κ2) is 7.62. The normalized spacial score (nSPS) is 23.2. The first kappa shape index (κ1) is 17.0. The maximum Gasteiger partial charge on any atom is 0.310 e. The molecule has 2 atom stereocenters. The van der Waals surface area contributed by atoms with Crippen LogP contribution < -0.4 is 5.32 Å². The summed E-state index contributed by atoms with van der Waals surface area (Å²) in [6.07, 6.45) is 0.737. The van der Waals surface area contributed by atoms with E-state index in [4.69, 9.17) is 4.74 Å². The molecular formula is C15H28N2O3. The van der Waals surface area contributed by atoms with Crippen LogP contribution in [0.25, 0.3) is 0 Å². The molecule has 116 valence electrons. The van der Waals surface area contributed by atoms with Crippen LogP contribution in [0.15, 0.2) is 0 Å². The summed E-state index contributed by atoms with van der Waals surface area (Å²) in [5.74, 6) is 0.165. The molecule has 0 spiro atoms. The lowest BCUT2D eigenvalue weighted by molar-refractivity contribution is -0.150. The highest BCUT2D eigenvalue weighted by Crippen LogP contribution is 2.20. The van der Waals surface area contributed by atoms with E-state index in [9.17, 15) is 9.59 Å². The van der Waals surface area contributed by atoms with Crippen molar-refractivity contribution in [3.8, 4) is 0 Å². The number of amides is 1. The first-order valence-corrected chi connectivity index (χ1v) is 7.45. The van der Waals surface area contributed by atoms with Crippen molar-refractivity contribution < 1.29 is 14.3 Å². The summed E-state index contributed by atoms with van der Waals surface area (Å²) in [5.41, 5.74) is 0. The Kier molecular flexibility index (Phi) is 6.46. The van der Waals surface area contributed by atoms with Gasteiger partial charge in [0, 0.05) is 25.0 Å². The third-order valence-electron chi connectivity index (χ3n) is 3.61. The minimum absolute atomic E-state index is 0.0443. The number of nitrogens with one attached hydrogen (secondary N) is 1. The molecule has 0 aliphatic carbocycles. The molecule has 0 bridgehead atoms. The Hall–Kier alpha value is -1.10. The fourth-order valence-electron chi connectivity index (χ4n) is 2.53. The van der Waals surface area contributed by atoms with Crippen molar-refractivity contribution in [2.45, 2.75) is 40.2 Å². The number of ether oxygens (including phenoxy) is 1. The molecule has 1 N–H and O–H groups in total. The lowest BCUT2D eigenvalue weighted by Gasteiger charge is -2.38. The summed E-state index contributed by atoms with van der Waals surface area (Å²) in [5, 5.41) is 3.45. The zero-order valence-corrected chi connectivity index (χ0v) is 13.3. The van der Waals surface area contributed by atoms with Gasteiger partial charge in [0.05, 0.1) is 13.0 Å². The second-order valence-electron chi connectivity index (χ2n) is 6.35. The molecule has 20 heavy (non-hydrogen) atoms. The van der Waals surface area contributed by atoms with E-state index in [-0.39, 0.29) is 29.8 Å². The van der Waals surface area contributed by atoms with Gasteiger partial charge in [0.2, 0.25) is 5.91 Å². The van der Waals surface area contributed by atoms with Gasteiger partial charge in [-0.15, -0.1) is 0 Å². The molecule has 1 saturated heterocycles. The number of esters is 1. The van der Waals surface area contributed by atoms with Gasteiger partial charge in [-0.05, 0) is 18.9 Å². The molecule has 2 unspecified atom stereocenters. The molecule has 1 amide bonds. The number of hydrogen-bond acceptors (Lipinski definition) is 4. The second-order valence-corrected chi connectivity index (χ2v) is 6.35. The van der Waals surface area contributed by atoms with Gasteiger partial charge in [0.15, 0.2) is 0 Å². The van der Waals surface area contributed by atoms with Crippen LogP contribution in [0.2, 0.25) is 0 Å². The Morgan fingerprint density at radius 1 is 1.25 bits per heavy atom. The van der Waals surface area contributed by atoms with Crippen LogP contribution in [-0.4, -0.2) is 49.6 Å². The number of nitrogens with zero attached hydrogens (tertiary/aromatic N) is 1. The van der Waals surface area contributed by atoms with Crippen LogP contribution in [0.4, 0.5) is 0 Å². The molecule has 0 saturated carbocycles. The summed E-state index contributed by atoms with van der Waals surface area (Å²) in [4.78, 5) is 25.8. The molecular weight excluding hydrogens is 256 g/mol. The Labute approximate surface area is 122 Å². The Balaban J connectivity index is 2.72. The van der Waals surface area contributed by atoms with Gasteiger partial charge in [-0.1, -0.05) is 27.7 Å². The van der Waals surface area contributed by atoms with Gasteiger partial charge in [-0.3, -0.25) is 9.59 Å². The lowest BCUT2D eigenvalue weighted by atomic mass is 9.93. The molecule has 5 heteroatoms. The predicted octanol–water partition coefficient (Wildman–Crippen LogP) is 1.28. The number of carbonyl (C=O) groups excluding carboxylic acids is 2. The summed E-state index contributed by atoms with van der Waals surface area (Å²) in [7, 11) is 1.40. The number of rotatable bonds is 5. The fraction of sp³-hybridized carbons (Fsp3) is 0.867. The van der Waals surface area contributed by atoms with Crippen molar-refractivity contribution >= 4 is 11.9 Å². The molecule has 0 aromatic rings. The number of methoxy groups -OCH3 is 1. The van der Waals surface area contributed by atoms with Gasteiger partial charge in [0.25, 0.3) is 0 Å². The molecule has 0 aromatic carbocycles.